The minimum Gasteiger partial charge on any atom is -0.497 e. The average Bonchev–Trinajstić information content (AvgIpc) is 4.14. The number of fused-ring (bicyclic) bond motifs is 1. The Morgan fingerprint density at radius 2 is 1.57 bits per heavy atom. The lowest BCUT2D eigenvalue weighted by Gasteiger charge is -2.25. The minimum absolute atomic E-state index is 0.0356. The Balaban J connectivity index is 0.991. The van der Waals surface area contributed by atoms with Crippen LogP contribution in [0.2, 0.25) is 0 Å². The van der Waals surface area contributed by atoms with Gasteiger partial charge in [0, 0.05) is 61.3 Å². The van der Waals surface area contributed by atoms with E-state index in [0.29, 0.717) is 64.8 Å². The van der Waals surface area contributed by atoms with Gasteiger partial charge >= 0.3 is 12.1 Å². The number of nitrogens with two attached hydrogens (primary N) is 1. The molecular weight excluding hydrogens is 963 g/mol. The standard InChI is InChI=1S/C53H61N13O9/c1-33(2)47(63-44(67)13-6-5-7-27-65-45(68)24-25-46(65)69)51(71)60-41(12-9-26-55-52(54)72)50(70)59-38-19-14-36(15-20-38)31-75-53(73)64(28-35-16-21-39(74-4)22-17-35)30-42-61-48(37-18-23-43-56-32-57-66(43)29-37)49(62-42)40-11-8-10-34(3)58-40/h8,10-11,14-25,29,32-33,41,47H,5-7,9,12-13,26-28,30-31H2,1-4H3,(H,59,70)(H,60,71)(H,61,62)(H,63,67)(H3,54,55,72)/t41-,47?/m0/s1. The molecule has 7 N–H and O–H groups in total. The van der Waals surface area contributed by atoms with Crippen LogP contribution in [0.15, 0.2) is 104 Å². The average molecular weight is 1020 g/mol. The van der Waals surface area contributed by atoms with E-state index in [-0.39, 0.29) is 75.7 Å². The van der Waals surface area contributed by atoms with Gasteiger partial charge in [-0.05, 0) is 98.2 Å². The zero-order valence-electron chi connectivity index (χ0n) is 42.2. The number of hydrogen-bond acceptors (Lipinski definition) is 13. The first-order chi connectivity index (χ1) is 36.1. The van der Waals surface area contributed by atoms with E-state index >= 15 is 0 Å². The number of unbranched alkanes of at least 4 members (excludes halogenated alkanes) is 2. The molecule has 0 radical (unpaired) electrons. The van der Waals surface area contributed by atoms with Crippen molar-refractivity contribution in [2.75, 3.05) is 25.5 Å². The maximum absolute atomic E-state index is 14.1. The number of aromatic nitrogens is 6. The Hall–Kier alpha value is -8.95. The zero-order valence-corrected chi connectivity index (χ0v) is 42.2. The van der Waals surface area contributed by atoms with Crippen LogP contribution in [0.25, 0.3) is 28.3 Å². The molecule has 22 heteroatoms. The van der Waals surface area contributed by atoms with Gasteiger partial charge in [-0.3, -0.25) is 38.8 Å². The summed E-state index contributed by atoms with van der Waals surface area (Å²) in [6.07, 6.45) is 7.23. The van der Waals surface area contributed by atoms with Gasteiger partial charge in [0.15, 0.2) is 5.65 Å². The van der Waals surface area contributed by atoms with E-state index in [1.54, 1.807) is 49.7 Å². The van der Waals surface area contributed by atoms with Gasteiger partial charge < -0.3 is 41.5 Å². The number of aromatic amines is 1. The van der Waals surface area contributed by atoms with Crippen molar-refractivity contribution in [2.24, 2.45) is 11.7 Å². The third kappa shape index (κ3) is 15.1. The van der Waals surface area contributed by atoms with E-state index in [1.165, 1.54) is 23.4 Å². The third-order valence-electron chi connectivity index (χ3n) is 12.2. The lowest BCUT2D eigenvalue weighted by Crippen LogP contribution is -2.54. The molecule has 2 atom stereocenters. The van der Waals surface area contributed by atoms with Crippen molar-refractivity contribution in [2.45, 2.75) is 91.1 Å². The highest BCUT2D eigenvalue weighted by Crippen LogP contribution is 2.30. The molecule has 1 aliphatic rings. The van der Waals surface area contributed by atoms with Crippen LogP contribution in [0.1, 0.15) is 75.0 Å². The molecule has 8 amide bonds. The molecule has 0 spiro atoms. The molecule has 5 heterocycles. The SMILES string of the molecule is COc1ccc(CN(Cc2nc(-c3ccc4ncnn4c3)c(-c3cccc(C)n3)[nH]2)C(=O)OCc2ccc(NC(=O)[C@H](CCCNC(N)=O)NC(=O)C(NC(=O)CCCCCN3C(=O)C=CC3=O)C(C)C)cc2)cc1. The summed E-state index contributed by atoms with van der Waals surface area (Å²) in [5, 5.41) is 15.2. The molecule has 22 nitrogen and oxygen atoms in total. The van der Waals surface area contributed by atoms with Crippen LogP contribution in [0.5, 0.6) is 5.75 Å². The number of imidazole rings is 1. The first kappa shape index (κ1) is 53.8. The second-order valence-corrected chi connectivity index (χ2v) is 18.3. The maximum atomic E-state index is 14.1. The molecule has 392 valence electrons. The summed E-state index contributed by atoms with van der Waals surface area (Å²) in [6, 6.07) is 20.7. The van der Waals surface area contributed by atoms with Crippen molar-refractivity contribution < 1.29 is 43.0 Å². The van der Waals surface area contributed by atoms with E-state index in [0.717, 1.165) is 21.7 Å². The Bertz CT molecular complexity index is 3010. The quantitative estimate of drug-likeness (QED) is 0.0313. The van der Waals surface area contributed by atoms with E-state index in [2.05, 4.69) is 36.3 Å². The highest BCUT2D eigenvalue weighted by molar-refractivity contribution is 6.12. The van der Waals surface area contributed by atoms with Gasteiger partial charge in [0.1, 0.15) is 36.6 Å². The highest BCUT2D eigenvalue weighted by atomic mass is 16.6. The molecule has 1 aliphatic heterocycles. The van der Waals surface area contributed by atoms with Crippen LogP contribution in [-0.2, 0) is 48.4 Å². The number of nitrogens with zero attached hydrogens (tertiary/aromatic N) is 7. The summed E-state index contributed by atoms with van der Waals surface area (Å²) in [7, 11) is 1.58. The van der Waals surface area contributed by atoms with Crippen LogP contribution in [0, 0.1) is 12.8 Å². The van der Waals surface area contributed by atoms with Crippen molar-refractivity contribution >= 4 is 53.0 Å². The summed E-state index contributed by atoms with van der Waals surface area (Å²) in [5.74, 6) is -1.40. The lowest BCUT2D eigenvalue weighted by molar-refractivity contribution is -0.137. The smallest absolute Gasteiger partial charge is 0.410 e. The van der Waals surface area contributed by atoms with E-state index in [1.807, 2.05) is 67.7 Å². The van der Waals surface area contributed by atoms with Gasteiger partial charge in [0.25, 0.3) is 11.8 Å². The number of anilines is 1. The fourth-order valence-corrected chi connectivity index (χ4v) is 8.21. The Morgan fingerprint density at radius 1 is 0.827 bits per heavy atom. The molecule has 4 aromatic heterocycles. The number of H-pyrrole nitrogens is 1. The van der Waals surface area contributed by atoms with Gasteiger partial charge in [0.2, 0.25) is 17.7 Å². The van der Waals surface area contributed by atoms with E-state index < -0.39 is 36.0 Å². The van der Waals surface area contributed by atoms with Gasteiger partial charge in [-0.25, -0.2) is 24.1 Å². The summed E-state index contributed by atoms with van der Waals surface area (Å²) < 4.78 is 12.9. The number of imide groups is 1. The molecule has 0 saturated carbocycles. The number of benzene rings is 2. The second kappa shape index (κ2) is 25.6. The number of ether oxygens (including phenoxy) is 2. The summed E-state index contributed by atoms with van der Waals surface area (Å²) >= 11 is 0. The largest absolute Gasteiger partial charge is 0.497 e. The number of hydrogen-bond donors (Lipinski definition) is 6. The Kier molecular flexibility index (Phi) is 18.4. The number of nitrogens with one attached hydrogen (secondary N) is 5. The molecule has 0 aliphatic carbocycles. The van der Waals surface area contributed by atoms with Crippen molar-refractivity contribution in [3.63, 3.8) is 0 Å². The maximum Gasteiger partial charge on any atom is 0.410 e. The second-order valence-electron chi connectivity index (χ2n) is 18.3. The Morgan fingerprint density at radius 3 is 2.28 bits per heavy atom. The number of urea groups is 1. The number of pyridine rings is 2. The molecule has 1 unspecified atom stereocenters. The van der Waals surface area contributed by atoms with Crippen LogP contribution >= 0.6 is 0 Å². The topological polar surface area (TPSA) is 290 Å². The van der Waals surface area contributed by atoms with Gasteiger partial charge in [-0.1, -0.05) is 50.6 Å². The minimum atomic E-state index is -1.07. The number of aryl methyl sites for hydroxylation is 1. The van der Waals surface area contributed by atoms with E-state index in [9.17, 15) is 33.6 Å². The molecule has 0 bridgehead atoms. The third-order valence-corrected chi connectivity index (χ3v) is 12.2. The van der Waals surface area contributed by atoms with E-state index in [4.69, 9.17) is 25.2 Å². The molecule has 0 fully saturated rings. The monoisotopic (exact) mass is 1020 g/mol. The number of carbonyl (C=O) groups is 7. The number of primary amides is 1. The predicted octanol–water partition coefficient (Wildman–Crippen LogP) is 5.34. The number of carbonyl (C=O) groups excluding carboxylic acids is 7. The Labute approximate surface area is 432 Å². The predicted molar refractivity (Wildman–Crippen MR) is 276 cm³/mol. The van der Waals surface area contributed by atoms with Crippen molar-refractivity contribution in [3.8, 4) is 28.4 Å². The first-order valence-corrected chi connectivity index (χ1v) is 24.6. The highest BCUT2D eigenvalue weighted by Gasteiger charge is 2.29. The molecule has 75 heavy (non-hydrogen) atoms. The molecule has 0 saturated heterocycles. The normalized spacial score (nSPS) is 12.9. The van der Waals surface area contributed by atoms with Gasteiger partial charge in [-0.15, -0.1) is 0 Å². The van der Waals surface area contributed by atoms with Crippen LogP contribution in [0.3, 0.4) is 0 Å². The zero-order chi connectivity index (χ0) is 53.4. The fourth-order valence-electron chi connectivity index (χ4n) is 8.21. The van der Waals surface area contributed by atoms with Crippen molar-refractivity contribution in [3.05, 3.63) is 126 Å². The summed E-state index contributed by atoms with van der Waals surface area (Å²) in [5.41, 5.74) is 11.2. The molecule has 6 aromatic rings. The fraction of sp³-hybridized carbons (Fsp3) is 0.340. The number of amides is 8. The van der Waals surface area contributed by atoms with Crippen LogP contribution in [0.4, 0.5) is 15.3 Å². The molecular formula is C53H61N13O9. The number of methoxy groups -OCH3 is 1. The lowest BCUT2D eigenvalue weighted by atomic mass is 10.0. The summed E-state index contributed by atoms with van der Waals surface area (Å²) in [6.45, 7) is 5.93. The molecule has 7 rings (SSSR count). The number of rotatable bonds is 25. The van der Waals surface area contributed by atoms with Crippen LogP contribution < -0.4 is 31.7 Å². The van der Waals surface area contributed by atoms with Crippen molar-refractivity contribution in [1.82, 2.24) is 55.3 Å². The summed E-state index contributed by atoms with van der Waals surface area (Å²) in [4.78, 5) is 110. The van der Waals surface area contributed by atoms with Crippen molar-refractivity contribution in [1.29, 1.82) is 0 Å². The van der Waals surface area contributed by atoms with Gasteiger partial charge in [-0.2, -0.15) is 5.10 Å². The molecule has 2 aromatic carbocycles. The first-order valence-electron chi connectivity index (χ1n) is 24.6. The van der Waals surface area contributed by atoms with Gasteiger partial charge in [0.05, 0.1) is 30.7 Å². The van der Waals surface area contributed by atoms with Crippen LogP contribution in [-0.4, -0.2) is 113 Å².